The number of halogens is 5. The molecule has 1 nitrogen and oxygen atoms in total. The predicted molar refractivity (Wildman–Crippen MR) is 38.9 cm³/mol. The molecule has 0 heterocycles. The molecule has 1 aromatic carbocycles. The van der Waals surface area contributed by atoms with E-state index < -0.39 is 34.8 Å². The van der Waals surface area contributed by atoms with Crippen molar-refractivity contribution >= 4 is 0 Å². The van der Waals surface area contributed by atoms with Gasteiger partial charge >= 0.3 is 0 Å². The van der Waals surface area contributed by atoms with Gasteiger partial charge in [-0.25, -0.2) is 13.2 Å². The van der Waals surface area contributed by atoms with Crippen molar-refractivity contribution in [3.05, 3.63) is 36.0 Å². The molecule has 0 aliphatic carbocycles. The van der Waals surface area contributed by atoms with Crippen molar-refractivity contribution in [2.45, 2.75) is 6.92 Å². The number of benzene rings is 1. The zero-order chi connectivity index (χ0) is 11.5. The minimum absolute atomic E-state index is 0. The summed E-state index contributed by atoms with van der Waals surface area (Å²) in [6.45, 7) is 5.00. The van der Waals surface area contributed by atoms with Crippen LogP contribution >= 0.6 is 0 Å². The SMILES string of the molecule is Oc1c(F)c(F)c(F)c(F)c1F.[CH2-]C.[Zn]. The van der Waals surface area contributed by atoms with Gasteiger partial charge in [0.15, 0.2) is 5.75 Å². The topological polar surface area (TPSA) is 20.2 Å². The van der Waals surface area contributed by atoms with Crippen LogP contribution in [0.15, 0.2) is 0 Å². The molecule has 0 saturated heterocycles. The monoisotopic (exact) mass is 277 g/mol. The fourth-order valence-corrected chi connectivity index (χ4v) is 0.593. The third-order valence-electron chi connectivity index (χ3n) is 1.19. The maximum Gasteiger partial charge on any atom is 0.206 e. The number of aromatic hydroxyl groups is 1. The molecular formula is C8H6F5OZn-. The summed E-state index contributed by atoms with van der Waals surface area (Å²) in [5, 5.41) is 8.30. The fraction of sp³-hybridized carbons (Fsp3) is 0.125. The molecule has 0 aliphatic heterocycles. The minimum atomic E-state index is -2.29. The van der Waals surface area contributed by atoms with Gasteiger partial charge in [0.2, 0.25) is 29.1 Å². The molecule has 1 aromatic rings. The fourth-order valence-electron chi connectivity index (χ4n) is 0.593. The van der Waals surface area contributed by atoms with Gasteiger partial charge in [-0.05, 0) is 0 Å². The number of hydrogen-bond acceptors (Lipinski definition) is 1. The molecule has 1 rings (SSSR count). The maximum absolute atomic E-state index is 12.2. The zero-order valence-electron chi connectivity index (χ0n) is 7.75. The predicted octanol–water partition coefficient (Wildman–Crippen LogP) is 2.93. The molecule has 0 atom stereocenters. The van der Waals surface area contributed by atoms with Crippen LogP contribution in [0.3, 0.4) is 0 Å². The first-order valence-corrected chi connectivity index (χ1v) is 3.38. The Kier molecular flexibility index (Phi) is 7.48. The quantitative estimate of drug-likeness (QED) is 0.254. The van der Waals surface area contributed by atoms with Crippen LogP contribution in [-0.4, -0.2) is 5.11 Å². The third-order valence-corrected chi connectivity index (χ3v) is 1.19. The van der Waals surface area contributed by atoms with Crippen molar-refractivity contribution < 1.29 is 46.5 Å². The van der Waals surface area contributed by atoms with E-state index in [9.17, 15) is 22.0 Å². The molecule has 0 aliphatic rings. The summed E-state index contributed by atoms with van der Waals surface area (Å²) in [5.74, 6) is -12.9. The van der Waals surface area contributed by atoms with Crippen LogP contribution in [0.4, 0.5) is 22.0 Å². The Bertz CT molecular complexity index is 237. The molecule has 7 heteroatoms. The van der Waals surface area contributed by atoms with Crippen LogP contribution in [-0.2, 0) is 19.5 Å². The van der Waals surface area contributed by atoms with Crippen LogP contribution in [0.5, 0.6) is 5.75 Å². The van der Waals surface area contributed by atoms with Crippen molar-refractivity contribution in [2.75, 3.05) is 0 Å². The van der Waals surface area contributed by atoms with Gasteiger partial charge in [-0.2, -0.15) is 15.7 Å². The normalized spacial score (nSPS) is 8.73. The van der Waals surface area contributed by atoms with Gasteiger partial charge in [-0.1, -0.05) is 0 Å². The first-order valence-electron chi connectivity index (χ1n) is 3.38. The molecule has 82 valence electrons. The number of hydrogen-bond donors (Lipinski definition) is 1. The minimum Gasteiger partial charge on any atom is -0.503 e. The average molecular weight is 279 g/mol. The molecule has 0 saturated carbocycles. The van der Waals surface area contributed by atoms with E-state index in [0.717, 1.165) is 0 Å². The van der Waals surface area contributed by atoms with E-state index in [2.05, 4.69) is 6.92 Å². The van der Waals surface area contributed by atoms with E-state index >= 15 is 0 Å². The Labute approximate surface area is 95.7 Å². The summed E-state index contributed by atoms with van der Waals surface area (Å²) >= 11 is 0. The Morgan fingerprint density at radius 1 is 0.733 bits per heavy atom. The molecule has 0 radical (unpaired) electrons. The van der Waals surface area contributed by atoms with E-state index in [4.69, 9.17) is 5.11 Å². The third kappa shape index (κ3) is 3.12. The number of phenolic OH excluding ortho intramolecular Hbond substituents is 1. The summed E-state index contributed by atoms with van der Waals surface area (Å²) in [5.41, 5.74) is 0. The smallest absolute Gasteiger partial charge is 0.206 e. The van der Waals surface area contributed by atoms with E-state index in [1.54, 1.807) is 6.92 Å². The standard InChI is InChI=1S/C6HF5O.C2H5.Zn/c7-1-2(8)4(10)6(12)5(11)3(1)9;1-2;/h12H;1H2,2H3;/q;-1;. The molecule has 0 spiro atoms. The first-order chi connectivity index (χ1) is 6.46. The Hall–Kier alpha value is -0.707. The van der Waals surface area contributed by atoms with Gasteiger partial charge in [-0.15, -0.1) is 0 Å². The summed E-state index contributed by atoms with van der Waals surface area (Å²) in [6.07, 6.45) is 0. The van der Waals surface area contributed by atoms with Crippen molar-refractivity contribution in [3.8, 4) is 5.75 Å². The van der Waals surface area contributed by atoms with Gasteiger partial charge < -0.3 is 12.0 Å². The Morgan fingerprint density at radius 3 is 1.20 bits per heavy atom. The Balaban J connectivity index is 0. The Morgan fingerprint density at radius 2 is 0.933 bits per heavy atom. The van der Waals surface area contributed by atoms with Crippen molar-refractivity contribution in [1.29, 1.82) is 0 Å². The molecule has 0 unspecified atom stereocenters. The molecule has 1 N–H and O–H groups in total. The molecular weight excluding hydrogens is 272 g/mol. The van der Waals surface area contributed by atoms with E-state index in [-0.39, 0.29) is 19.5 Å². The van der Waals surface area contributed by atoms with Crippen LogP contribution in [0.1, 0.15) is 6.92 Å². The largest absolute Gasteiger partial charge is 0.503 e. The van der Waals surface area contributed by atoms with Crippen LogP contribution in [0.25, 0.3) is 0 Å². The average Bonchev–Trinajstić information content (AvgIpc) is 2.24. The van der Waals surface area contributed by atoms with Crippen molar-refractivity contribution in [3.63, 3.8) is 0 Å². The van der Waals surface area contributed by atoms with Crippen LogP contribution < -0.4 is 0 Å². The second-order valence-corrected chi connectivity index (χ2v) is 1.92. The van der Waals surface area contributed by atoms with Crippen molar-refractivity contribution in [1.82, 2.24) is 0 Å². The van der Waals surface area contributed by atoms with Gasteiger partial charge in [-0.3, -0.25) is 0 Å². The van der Waals surface area contributed by atoms with Gasteiger partial charge in [0, 0.05) is 19.5 Å². The summed E-state index contributed by atoms with van der Waals surface area (Å²) < 4.78 is 60.6. The first kappa shape index (κ1) is 16.7. The van der Waals surface area contributed by atoms with Crippen LogP contribution in [0.2, 0.25) is 0 Å². The maximum atomic E-state index is 12.2. The number of rotatable bonds is 0. The summed E-state index contributed by atoms with van der Waals surface area (Å²) in [4.78, 5) is 0. The second kappa shape index (κ2) is 6.72. The van der Waals surface area contributed by atoms with Gasteiger partial charge in [0.05, 0.1) is 0 Å². The van der Waals surface area contributed by atoms with Crippen molar-refractivity contribution in [2.24, 2.45) is 0 Å². The molecule has 15 heavy (non-hydrogen) atoms. The zero-order valence-corrected chi connectivity index (χ0v) is 10.7. The summed E-state index contributed by atoms with van der Waals surface area (Å²) in [7, 11) is 0. The summed E-state index contributed by atoms with van der Waals surface area (Å²) in [6, 6.07) is 0. The molecule has 0 bridgehead atoms. The van der Waals surface area contributed by atoms with Gasteiger partial charge in [0.1, 0.15) is 0 Å². The van der Waals surface area contributed by atoms with Gasteiger partial charge in [0.25, 0.3) is 0 Å². The molecule has 0 fully saturated rings. The van der Waals surface area contributed by atoms with E-state index in [0.29, 0.717) is 0 Å². The van der Waals surface area contributed by atoms with Crippen LogP contribution in [0, 0.1) is 36.0 Å². The second-order valence-electron chi connectivity index (χ2n) is 1.92. The van der Waals surface area contributed by atoms with E-state index in [1.807, 2.05) is 0 Å². The van der Waals surface area contributed by atoms with E-state index in [1.165, 1.54) is 0 Å². The molecule has 0 aromatic heterocycles. The number of phenols is 1. The molecule has 0 amide bonds.